The van der Waals surface area contributed by atoms with Gasteiger partial charge in [-0.2, -0.15) is 0 Å². The number of carbonyl (C=O) groups excluding carboxylic acids is 1. The second-order valence-electron chi connectivity index (χ2n) is 6.15. The van der Waals surface area contributed by atoms with E-state index >= 15 is 0 Å². The quantitative estimate of drug-likeness (QED) is 0.700. The van der Waals surface area contributed by atoms with Crippen LogP contribution >= 0.6 is 0 Å². The lowest BCUT2D eigenvalue weighted by molar-refractivity contribution is 0.0737. The number of nitrogens with zero attached hydrogens (tertiary/aromatic N) is 6. The van der Waals surface area contributed by atoms with E-state index in [2.05, 4.69) is 20.0 Å². The topological polar surface area (TPSA) is 76.4 Å². The molecule has 1 amide bonds. The van der Waals surface area contributed by atoms with Gasteiger partial charge in [-0.25, -0.2) is 14.6 Å². The van der Waals surface area contributed by atoms with Crippen LogP contribution in [0.1, 0.15) is 10.5 Å². The first-order chi connectivity index (χ1) is 13.3. The monoisotopic (exact) mass is 364 g/mol. The molecule has 138 valence electrons. The van der Waals surface area contributed by atoms with Crippen molar-refractivity contribution in [3.05, 3.63) is 60.6 Å². The molecular weight excluding hydrogens is 344 g/mol. The molecule has 1 fully saturated rings. The van der Waals surface area contributed by atoms with E-state index in [-0.39, 0.29) is 5.91 Å². The molecule has 0 radical (unpaired) electrons. The van der Waals surface area contributed by atoms with Crippen LogP contribution in [0.3, 0.4) is 0 Å². The standard InChI is InChI=1S/C19H20N6O2/c1-27-17-14-16(25(22-17)15-6-3-2-4-7-15)18(26)23-10-12-24(13-11-23)19-20-8-5-9-21-19/h2-9,14H,10-13H2,1H3. The number of aromatic nitrogens is 4. The molecular formula is C19H20N6O2. The van der Waals surface area contributed by atoms with Crippen molar-refractivity contribution in [1.29, 1.82) is 0 Å². The van der Waals surface area contributed by atoms with Gasteiger partial charge in [-0.1, -0.05) is 18.2 Å². The third-order valence-electron chi connectivity index (χ3n) is 4.52. The zero-order valence-electron chi connectivity index (χ0n) is 15.0. The summed E-state index contributed by atoms with van der Waals surface area (Å²) in [4.78, 5) is 25.6. The van der Waals surface area contributed by atoms with Crippen LogP contribution in [-0.2, 0) is 0 Å². The summed E-state index contributed by atoms with van der Waals surface area (Å²) in [6, 6.07) is 13.1. The second kappa shape index (κ2) is 7.45. The van der Waals surface area contributed by atoms with E-state index in [0.717, 1.165) is 5.69 Å². The van der Waals surface area contributed by atoms with Gasteiger partial charge < -0.3 is 14.5 Å². The first-order valence-corrected chi connectivity index (χ1v) is 8.77. The van der Waals surface area contributed by atoms with Crippen molar-refractivity contribution in [3.63, 3.8) is 0 Å². The maximum absolute atomic E-state index is 13.1. The Morgan fingerprint density at radius 3 is 2.37 bits per heavy atom. The Bertz CT molecular complexity index is 904. The van der Waals surface area contributed by atoms with Gasteiger partial charge in [0.1, 0.15) is 5.69 Å². The average molecular weight is 364 g/mol. The Balaban J connectivity index is 1.53. The molecule has 1 saturated heterocycles. The number of carbonyl (C=O) groups is 1. The molecule has 0 N–H and O–H groups in total. The second-order valence-corrected chi connectivity index (χ2v) is 6.15. The summed E-state index contributed by atoms with van der Waals surface area (Å²) in [5, 5.41) is 4.39. The highest BCUT2D eigenvalue weighted by Gasteiger charge is 2.27. The van der Waals surface area contributed by atoms with Crippen LogP contribution in [0.25, 0.3) is 5.69 Å². The van der Waals surface area contributed by atoms with E-state index in [1.165, 1.54) is 0 Å². The van der Waals surface area contributed by atoms with Gasteiger partial charge in [-0.15, -0.1) is 5.10 Å². The minimum atomic E-state index is -0.0664. The van der Waals surface area contributed by atoms with Gasteiger partial charge in [0.2, 0.25) is 11.8 Å². The van der Waals surface area contributed by atoms with Crippen molar-refractivity contribution in [2.45, 2.75) is 0 Å². The molecule has 3 aromatic rings. The molecule has 4 rings (SSSR count). The van der Waals surface area contributed by atoms with E-state index in [1.807, 2.05) is 35.2 Å². The predicted octanol–water partition coefficient (Wildman–Crippen LogP) is 1.63. The van der Waals surface area contributed by atoms with Crippen molar-refractivity contribution >= 4 is 11.9 Å². The zero-order valence-corrected chi connectivity index (χ0v) is 15.0. The molecule has 1 aromatic carbocycles. The number of amides is 1. The number of hydrogen-bond donors (Lipinski definition) is 0. The molecule has 2 aromatic heterocycles. The lowest BCUT2D eigenvalue weighted by Gasteiger charge is -2.34. The van der Waals surface area contributed by atoms with Gasteiger partial charge >= 0.3 is 0 Å². The number of methoxy groups -OCH3 is 1. The molecule has 1 aliphatic heterocycles. The van der Waals surface area contributed by atoms with Crippen LogP contribution in [0.15, 0.2) is 54.9 Å². The summed E-state index contributed by atoms with van der Waals surface area (Å²) in [6.07, 6.45) is 3.45. The summed E-state index contributed by atoms with van der Waals surface area (Å²) in [6.45, 7) is 2.57. The minimum absolute atomic E-state index is 0.0664. The Morgan fingerprint density at radius 1 is 1.00 bits per heavy atom. The fraction of sp³-hybridized carbons (Fsp3) is 0.263. The number of benzene rings is 1. The molecule has 8 nitrogen and oxygen atoms in total. The van der Waals surface area contributed by atoms with Crippen LogP contribution in [-0.4, -0.2) is 63.8 Å². The number of ether oxygens (including phenoxy) is 1. The van der Waals surface area contributed by atoms with E-state index in [4.69, 9.17) is 4.74 Å². The molecule has 3 heterocycles. The first-order valence-electron chi connectivity index (χ1n) is 8.77. The van der Waals surface area contributed by atoms with Crippen LogP contribution < -0.4 is 9.64 Å². The minimum Gasteiger partial charge on any atom is -0.480 e. The van der Waals surface area contributed by atoms with Gasteiger partial charge in [-0.3, -0.25) is 4.79 Å². The number of anilines is 1. The summed E-state index contributed by atoms with van der Waals surface area (Å²) < 4.78 is 6.87. The van der Waals surface area contributed by atoms with Crippen molar-refractivity contribution in [3.8, 4) is 11.6 Å². The molecule has 8 heteroatoms. The smallest absolute Gasteiger partial charge is 0.272 e. The van der Waals surface area contributed by atoms with E-state index in [0.29, 0.717) is 43.7 Å². The molecule has 0 spiro atoms. The maximum atomic E-state index is 13.1. The first kappa shape index (κ1) is 17.0. The average Bonchev–Trinajstić information content (AvgIpc) is 3.19. The van der Waals surface area contributed by atoms with E-state index in [9.17, 15) is 4.79 Å². The maximum Gasteiger partial charge on any atom is 0.272 e. The summed E-state index contributed by atoms with van der Waals surface area (Å²) >= 11 is 0. The Hall–Kier alpha value is -3.42. The van der Waals surface area contributed by atoms with Crippen molar-refractivity contribution in [1.82, 2.24) is 24.6 Å². The number of para-hydroxylation sites is 1. The van der Waals surface area contributed by atoms with Gasteiger partial charge in [0, 0.05) is 44.6 Å². The highest BCUT2D eigenvalue weighted by Crippen LogP contribution is 2.20. The number of rotatable bonds is 4. The third kappa shape index (κ3) is 3.46. The molecule has 27 heavy (non-hydrogen) atoms. The SMILES string of the molecule is COc1cc(C(=O)N2CCN(c3ncccn3)CC2)n(-c2ccccc2)n1. The van der Waals surface area contributed by atoms with Crippen molar-refractivity contribution in [2.75, 3.05) is 38.2 Å². The lowest BCUT2D eigenvalue weighted by Crippen LogP contribution is -2.49. The molecule has 1 aliphatic rings. The van der Waals surface area contributed by atoms with Gasteiger partial charge in [0.05, 0.1) is 12.8 Å². The largest absolute Gasteiger partial charge is 0.480 e. The van der Waals surface area contributed by atoms with Gasteiger partial charge in [0.15, 0.2) is 0 Å². The highest BCUT2D eigenvalue weighted by molar-refractivity contribution is 5.93. The van der Waals surface area contributed by atoms with Gasteiger partial charge in [0.25, 0.3) is 5.91 Å². The predicted molar refractivity (Wildman–Crippen MR) is 100 cm³/mol. The van der Waals surface area contributed by atoms with Crippen LogP contribution in [0.5, 0.6) is 5.88 Å². The zero-order chi connectivity index (χ0) is 18.6. The molecule has 0 bridgehead atoms. The molecule has 0 atom stereocenters. The Kier molecular flexibility index (Phi) is 4.69. The molecule has 0 saturated carbocycles. The van der Waals surface area contributed by atoms with Crippen LogP contribution in [0, 0.1) is 0 Å². The van der Waals surface area contributed by atoms with Crippen LogP contribution in [0.2, 0.25) is 0 Å². The number of hydrogen-bond acceptors (Lipinski definition) is 6. The summed E-state index contributed by atoms with van der Waals surface area (Å²) in [5.41, 5.74) is 1.31. The van der Waals surface area contributed by atoms with Crippen LogP contribution in [0.4, 0.5) is 5.95 Å². The highest BCUT2D eigenvalue weighted by atomic mass is 16.5. The van der Waals surface area contributed by atoms with E-state index < -0.39 is 0 Å². The fourth-order valence-corrected chi connectivity index (χ4v) is 3.10. The lowest BCUT2D eigenvalue weighted by atomic mass is 10.2. The normalized spacial score (nSPS) is 14.3. The summed E-state index contributed by atoms with van der Waals surface area (Å²) in [7, 11) is 1.55. The molecule has 0 unspecified atom stereocenters. The van der Waals surface area contributed by atoms with Gasteiger partial charge in [-0.05, 0) is 18.2 Å². The Labute approximate surface area is 157 Å². The summed E-state index contributed by atoms with van der Waals surface area (Å²) in [5.74, 6) is 1.04. The van der Waals surface area contributed by atoms with Crippen molar-refractivity contribution < 1.29 is 9.53 Å². The number of piperazine rings is 1. The third-order valence-corrected chi connectivity index (χ3v) is 4.52. The Morgan fingerprint density at radius 2 is 1.70 bits per heavy atom. The van der Waals surface area contributed by atoms with Crippen molar-refractivity contribution in [2.24, 2.45) is 0 Å². The van der Waals surface area contributed by atoms with E-state index in [1.54, 1.807) is 36.3 Å². The fourth-order valence-electron chi connectivity index (χ4n) is 3.10. The molecule has 0 aliphatic carbocycles.